The summed E-state index contributed by atoms with van der Waals surface area (Å²) in [5.74, 6) is 0.933. The SMILES string of the molecule is COc1ccc(CCNC(=O)c2cc(C(=O)Nc3cc(C)on3)ccn2)cc1. The number of anilines is 1. The molecule has 0 radical (unpaired) electrons. The number of benzene rings is 1. The van der Waals surface area contributed by atoms with Gasteiger partial charge < -0.3 is 19.9 Å². The largest absolute Gasteiger partial charge is 0.497 e. The quantitative estimate of drug-likeness (QED) is 0.653. The molecule has 0 aliphatic carbocycles. The van der Waals surface area contributed by atoms with Crippen molar-refractivity contribution < 1.29 is 18.8 Å². The maximum absolute atomic E-state index is 12.3. The average Bonchev–Trinajstić information content (AvgIpc) is 3.13. The van der Waals surface area contributed by atoms with Crippen LogP contribution in [0, 0.1) is 6.92 Å². The smallest absolute Gasteiger partial charge is 0.269 e. The van der Waals surface area contributed by atoms with Crippen molar-refractivity contribution >= 4 is 17.6 Å². The Bertz CT molecular complexity index is 966. The van der Waals surface area contributed by atoms with Crippen LogP contribution < -0.4 is 15.4 Å². The Kier molecular flexibility index (Phi) is 6.01. The van der Waals surface area contributed by atoms with E-state index in [1.807, 2.05) is 24.3 Å². The zero-order valence-corrected chi connectivity index (χ0v) is 15.6. The fraction of sp³-hybridized carbons (Fsp3) is 0.200. The Balaban J connectivity index is 1.56. The van der Waals surface area contributed by atoms with Crippen molar-refractivity contribution in [3.63, 3.8) is 0 Å². The average molecular weight is 380 g/mol. The lowest BCUT2D eigenvalue weighted by molar-refractivity contribution is 0.0949. The van der Waals surface area contributed by atoms with Gasteiger partial charge in [-0.25, -0.2) is 0 Å². The molecule has 0 fully saturated rings. The van der Waals surface area contributed by atoms with Crippen LogP contribution in [0.4, 0.5) is 5.82 Å². The zero-order chi connectivity index (χ0) is 19.9. The number of nitrogens with one attached hydrogen (secondary N) is 2. The first-order chi connectivity index (χ1) is 13.5. The second-order valence-corrected chi connectivity index (χ2v) is 6.06. The van der Waals surface area contributed by atoms with E-state index in [2.05, 4.69) is 20.8 Å². The first-order valence-electron chi connectivity index (χ1n) is 8.67. The van der Waals surface area contributed by atoms with Crippen LogP contribution in [0.25, 0.3) is 0 Å². The lowest BCUT2D eigenvalue weighted by Gasteiger charge is -2.07. The number of amides is 2. The topological polar surface area (TPSA) is 106 Å². The molecule has 0 atom stereocenters. The fourth-order valence-corrected chi connectivity index (χ4v) is 2.51. The van der Waals surface area contributed by atoms with Gasteiger partial charge >= 0.3 is 0 Å². The summed E-state index contributed by atoms with van der Waals surface area (Å²) in [5.41, 5.74) is 1.54. The van der Waals surface area contributed by atoms with Crippen molar-refractivity contribution in [2.24, 2.45) is 0 Å². The van der Waals surface area contributed by atoms with Crippen molar-refractivity contribution in [1.82, 2.24) is 15.5 Å². The highest BCUT2D eigenvalue weighted by Crippen LogP contribution is 2.12. The summed E-state index contributed by atoms with van der Waals surface area (Å²) in [6.07, 6.45) is 2.09. The Labute approximate surface area is 161 Å². The molecule has 0 saturated carbocycles. The molecule has 8 heteroatoms. The van der Waals surface area contributed by atoms with Gasteiger partial charge in [-0.1, -0.05) is 17.3 Å². The molecule has 2 amide bonds. The number of aryl methyl sites for hydroxylation is 1. The van der Waals surface area contributed by atoms with Crippen LogP contribution in [0.15, 0.2) is 53.2 Å². The molecule has 2 aromatic heterocycles. The van der Waals surface area contributed by atoms with Crippen molar-refractivity contribution in [3.05, 3.63) is 71.2 Å². The van der Waals surface area contributed by atoms with E-state index < -0.39 is 5.91 Å². The lowest BCUT2D eigenvalue weighted by Crippen LogP contribution is -2.27. The molecule has 0 aliphatic rings. The second-order valence-electron chi connectivity index (χ2n) is 6.06. The molecule has 0 spiro atoms. The van der Waals surface area contributed by atoms with Crippen LogP contribution in [0.2, 0.25) is 0 Å². The van der Waals surface area contributed by atoms with E-state index in [-0.39, 0.29) is 11.6 Å². The molecule has 0 aliphatic heterocycles. The molecule has 3 rings (SSSR count). The number of aromatic nitrogens is 2. The highest BCUT2D eigenvalue weighted by Gasteiger charge is 2.13. The zero-order valence-electron chi connectivity index (χ0n) is 15.6. The van der Waals surface area contributed by atoms with Gasteiger partial charge in [0.2, 0.25) is 0 Å². The number of rotatable bonds is 7. The monoisotopic (exact) mass is 380 g/mol. The van der Waals surface area contributed by atoms with Gasteiger partial charge in [0.1, 0.15) is 17.2 Å². The van der Waals surface area contributed by atoms with E-state index in [0.29, 0.717) is 30.1 Å². The molecule has 3 aromatic rings. The van der Waals surface area contributed by atoms with E-state index in [1.54, 1.807) is 20.1 Å². The number of ether oxygens (including phenoxy) is 1. The second kappa shape index (κ2) is 8.81. The van der Waals surface area contributed by atoms with Crippen molar-refractivity contribution in [2.75, 3.05) is 19.0 Å². The maximum Gasteiger partial charge on any atom is 0.269 e. The van der Waals surface area contributed by atoms with Crippen molar-refractivity contribution in [3.8, 4) is 5.75 Å². The van der Waals surface area contributed by atoms with Gasteiger partial charge in [0.25, 0.3) is 11.8 Å². The minimum Gasteiger partial charge on any atom is -0.497 e. The Morgan fingerprint density at radius 1 is 1.11 bits per heavy atom. The van der Waals surface area contributed by atoms with Gasteiger partial charge in [0.15, 0.2) is 5.82 Å². The summed E-state index contributed by atoms with van der Waals surface area (Å²) >= 11 is 0. The highest BCUT2D eigenvalue weighted by molar-refractivity contribution is 6.05. The minimum atomic E-state index is -0.400. The Hall–Kier alpha value is -3.68. The molecule has 28 heavy (non-hydrogen) atoms. The summed E-state index contributed by atoms with van der Waals surface area (Å²) in [7, 11) is 1.61. The van der Waals surface area contributed by atoms with E-state index in [4.69, 9.17) is 9.26 Å². The van der Waals surface area contributed by atoms with Gasteiger partial charge in [-0.05, 0) is 43.2 Å². The number of carbonyl (C=O) groups is 2. The summed E-state index contributed by atoms with van der Waals surface area (Å²) in [4.78, 5) is 28.6. The van der Waals surface area contributed by atoms with E-state index in [0.717, 1.165) is 11.3 Å². The fourth-order valence-electron chi connectivity index (χ4n) is 2.51. The van der Waals surface area contributed by atoms with Gasteiger partial charge in [-0.3, -0.25) is 14.6 Å². The summed E-state index contributed by atoms with van der Waals surface area (Å²) in [5, 5.41) is 9.12. The molecule has 0 bridgehead atoms. The number of hydrogen-bond donors (Lipinski definition) is 2. The van der Waals surface area contributed by atoms with Gasteiger partial charge in [-0.15, -0.1) is 0 Å². The molecule has 0 saturated heterocycles. The van der Waals surface area contributed by atoms with Crippen molar-refractivity contribution in [1.29, 1.82) is 0 Å². The number of nitrogens with zero attached hydrogens (tertiary/aromatic N) is 2. The van der Waals surface area contributed by atoms with Crippen LogP contribution in [0.3, 0.4) is 0 Å². The molecule has 1 aromatic carbocycles. The van der Waals surface area contributed by atoms with Crippen LogP contribution in [-0.4, -0.2) is 35.6 Å². The number of carbonyl (C=O) groups excluding carboxylic acids is 2. The first kappa shape index (κ1) is 19.1. The van der Waals surface area contributed by atoms with Crippen LogP contribution in [-0.2, 0) is 6.42 Å². The molecule has 2 N–H and O–H groups in total. The first-order valence-corrected chi connectivity index (χ1v) is 8.67. The minimum absolute atomic E-state index is 0.165. The Morgan fingerprint density at radius 3 is 2.57 bits per heavy atom. The highest BCUT2D eigenvalue weighted by atomic mass is 16.5. The molecular weight excluding hydrogens is 360 g/mol. The van der Waals surface area contributed by atoms with E-state index in [9.17, 15) is 9.59 Å². The standard InChI is InChI=1S/C20H20N4O4/c1-13-11-18(24-28-13)23-19(25)15-8-10-21-17(12-15)20(26)22-9-7-14-3-5-16(27-2)6-4-14/h3-6,8,10-12H,7,9H2,1-2H3,(H,22,26)(H,23,24,25). The van der Waals surface area contributed by atoms with Gasteiger partial charge in [0, 0.05) is 24.4 Å². The number of pyridine rings is 1. The summed E-state index contributed by atoms with van der Waals surface area (Å²) in [6.45, 7) is 2.17. The van der Waals surface area contributed by atoms with E-state index >= 15 is 0 Å². The van der Waals surface area contributed by atoms with Crippen LogP contribution in [0.5, 0.6) is 5.75 Å². The molecular formula is C20H20N4O4. The van der Waals surface area contributed by atoms with E-state index in [1.165, 1.54) is 18.3 Å². The lowest BCUT2D eigenvalue weighted by atomic mass is 10.1. The number of hydrogen-bond acceptors (Lipinski definition) is 6. The number of methoxy groups -OCH3 is 1. The van der Waals surface area contributed by atoms with Crippen LogP contribution >= 0.6 is 0 Å². The third-order valence-corrected chi connectivity index (χ3v) is 3.98. The predicted molar refractivity (Wildman–Crippen MR) is 102 cm³/mol. The van der Waals surface area contributed by atoms with Crippen LogP contribution in [0.1, 0.15) is 32.2 Å². The maximum atomic E-state index is 12.3. The summed E-state index contributed by atoms with van der Waals surface area (Å²) in [6, 6.07) is 12.2. The normalized spacial score (nSPS) is 10.4. The molecule has 8 nitrogen and oxygen atoms in total. The summed E-state index contributed by atoms with van der Waals surface area (Å²) < 4.78 is 10.0. The van der Waals surface area contributed by atoms with Gasteiger partial charge in [-0.2, -0.15) is 0 Å². The Morgan fingerprint density at radius 2 is 1.89 bits per heavy atom. The molecule has 144 valence electrons. The van der Waals surface area contributed by atoms with Crippen molar-refractivity contribution in [2.45, 2.75) is 13.3 Å². The van der Waals surface area contributed by atoms with Gasteiger partial charge in [0.05, 0.1) is 7.11 Å². The molecule has 0 unspecified atom stereocenters. The third-order valence-electron chi connectivity index (χ3n) is 3.98. The molecule has 2 heterocycles. The predicted octanol–water partition coefficient (Wildman–Crippen LogP) is 2.61. The third kappa shape index (κ3) is 4.94.